The predicted octanol–water partition coefficient (Wildman–Crippen LogP) is 3.49. The Bertz CT molecular complexity index is 466. The Labute approximate surface area is 121 Å². The van der Waals surface area contributed by atoms with Gasteiger partial charge in [-0.05, 0) is 80.1 Å². The third kappa shape index (κ3) is 1.70. The molecule has 0 amide bonds. The Morgan fingerprint density at radius 1 is 1.10 bits per heavy atom. The average molecular weight is 274 g/mol. The summed E-state index contributed by atoms with van der Waals surface area (Å²) in [6, 6.07) is 0. The number of aliphatic hydroxyl groups excluding tert-OH is 1. The molecule has 0 saturated heterocycles. The highest BCUT2D eigenvalue weighted by molar-refractivity contribution is 5.91. The van der Waals surface area contributed by atoms with Crippen molar-refractivity contribution in [2.75, 3.05) is 0 Å². The molecular formula is C18H26O2. The lowest BCUT2D eigenvalue weighted by Crippen LogP contribution is -2.47. The molecule has 20 heavy (non-hydrogen) atoms. The average Bonchev–Trinajstić information content (AvgIpc) is 2.74. The molecule has 0 aromatic heterocycles. The van der Waals surface area contributed by atoms with Gasteiger partial charge in [-0.15, -0.1) is 0 Å². The van der Waals surface area contributed by atoms with Crippen LogP contribution in [0.4, 0.5) is 0 Å². The van der Waals surface area contributed by atoms with Gasteiger partial charge in [-0.3, -0.25) is 4.79 Å². The Morgan fingerprint density at radius 2 is 1.95 bits per heavy atom. The minimum atomic E-state index is -0.0710. The number of hydrogen-bond acceptors (Lipinski definition) is 2. The minimum Gasteiger partial charge on any atom is -0.393 e. The molecule has 1 N–H and O–H groups in total. The number of aliphatic hydroxyl groups is 1. The van der Waals surface area contributed by atoms with Gasteiger partial charge in [0.05, 0.1) is 6.10 Å². The van der Waals surface area contributed by atoms with Crippen LogP contribution in [-0.4, -0.2) is 17.0 Å². The molecule has 0 spiro atoms. The number of carbonyl (C=O) groups excluding carboxylic acids is 1. The number of rotatable bonds is 0. The van der Waals surface area contributed by atoms with E-state index in [0.717, 1.165) is 43.4 Å². The molecule has 6 atom stereocenters. The first-order valence-corrected chi connectivity index (χ1v) is 8.51. The summed E-state index contributed by atoms with van der Waals surface area (Å²) < 4.78 is 0. The molecule has 0 aromatic rings. The molecule has 4 aliphatic rings. The fraction of sp³-hybridized carbons (Fsp3) is 0.833. The minimum absolute atomic E-state index is 0.0710. The van der Waals surface area contributed by atoms with E-state index in [1.807, 2.05) is 6.08 Å². The smallest absolute Gasteiger partial charge is 0.155 e. The van der Waals surface area contributed by atoms with Crippen LogP contribution in [0.2, 0.25) is 0 Å². The van der Waals surface area contributed by atoms with E-state index in [-0.39, 0.29) is 11.5 Å². The fourth-order valence-electron chi connectivity index (χ4n) is 6.15. The number of fused-ring (bicyclic) bond motifs is 5. The van der Waals surface area contributed by atoms with E-state index < -0.39 is 0 Å². The van der Waals surface area contributed by atoms with Crippen LogP contribution in [0.1, 0.15) is 58.3 Å². The van der Waals surface area contributed by atoms with E-state index in [4.69, 9.17) is 0 Å². The Kier molecular flexibility index (Phi) is 2.89. The number of allylic oxidation sites excluding steroid dienone is 1. The van der Waals surface area contributed by atoms with Gasteiger partial charge in [-0.1, -0.05) is 12.5 Å². The van der Waals surface area contributed by atoms with E-state index in [1.165, 1.54) is 31.3 Å². The molecule has 110 valence electrons. The Morgan fingerprint density at radius 3 is 2.80 bits per heavy atom. The zero-order chi connectivity index (χ0) is 13.9. The molecule has 2 nitrogen and oxygen atoms in total. The van der Waals surface area contributed by atoms with Crippen molar-refractivity contribution in [2.45, 2.75) is 64.4 Å². The van der Waals surface area contributed by atoms with Crippen LogP contribution in [0, 0.1) is 29.1 Å². The van der Waals surface area contributed by atoms with Crippen LogP contribution < -0.4 is 0 Å². The van der Waals surface area contributed by atoms with Crippen molar-refractivity contribution in [1.82, 2.24) is 0 Å². The summed E-state index contributed by atoms with van der Waals surface area (Å²) in [5.41, 5.74) is 1.65. The van der Waals surface area contributed by atoms with Crippen molar-refractivity contribution in [3.8, 4) is 0 Å². The van der Waals surface area contributed by atoms with Crippen molar-refractivity contribution in [3.63, 3.8) is 0 Å². The first kappa shape index (κ1) is 13.1. The monoisotopic (exact) mass is 274 g/mol. The summed E-state index contributed by atoms with van der Waals surface area (Å²) in [4.78, 5) is 11.6. The zero-order valence-electron chi connectivity index (χ0n) is 12.5. The van der Waals surface area contributed by atoms with Gasteiger partial charge < -0.3 is 5.11 Å². The van der Waals surface area contributed by atoms with Crippen molar-refractivity contribution in [2.24, 2.45) is 29.1 Å². The molecule has 0 aromatic carbocycles. The third-order valence-electron chi connectivity index (χ3n) is 7.25. The summed E-state index contributed by atoms with van der Waals surface area (Å²) in [5.74, 6) is 3.38. The van der Waals surface area contributed by atoms with Gasteiger partial charge in [0, 0.05) is 6.42 Å². The quantitative estimate of drug-likeness (QED) is 0.734. The number of ketones is 1. The van der Waals surface area contributed by atoms with Gasteiger partial charge in [-0.2, -0.15) is 0 Å². The maximum Gasteiger partial charge on any atom is 0.155 e. The Hall–Kier alpha value is -0.630. The molecule has 0 radical (unpaired) electrons. The molecule has 0 aliphatic heterocycles. The summed E-state index contributed by atoms with van der Waals surface area (Å²) in [6.07, 6.45) is 10.9. The highest BCUT2D eigenvalue weighted by Crippen LogP contribution is 2.61. The zero-order valence-corrected chi connectivity index (χ0v) is 12.5. The van der Waals surface area contributed by atoms with E-state index in [0.29, 0.717) is 11.7 Å². The van der Waals surface area contributed by atoms with Gasteiger partial charge in [0.1, 0.15) is 0 Å². The fourth-order valence-corrected chi connectivity index (χ4v) is 6.15. The lowest BCUT2D eigenvalue weighted by Gasteiger charge is -2.53. The molecule has 0 heterocycles. The van der Waals surface area contributed by atoms with Gasteiger partial charge in [0.2, 0.25) is 0 Å². The van der Waals surface area contributed by atoms with Gasteiger partial charge >= 0.3 is 0 Å². The molecule has 0 bridgehead atoms. The summed E-state index contributed by atoms with van der Waals surface area (Å²) >= 11 is 0. The number of hydrogen-bond donors (Lipinski definition) is 1. The summed E-state index contributed by atoms with van der Waals surface area (Å²) in [7, 11) is 0. The van der Waals surface area contributed by atoms with Gasteiger partial charge in [0.25, 0.3) is 0 Å². The lowest BCUT2D eigenvalue weighted by atomic mass is 9.52. The number of carbonyl (C=O) groups is 1. The SMILES string of the molecule is C[C@]12CC[C@H]3[C@H](CCC4=CC(=O)CC[C@H]43)[C@H]1CC[C@@H]2O. The summed E-state index contributed by atoms with van der Waals surface area (Å²) in [6.45, 7) is 2.33. The molecule has 3 fully saturated rings. The molecule has 4 rings (SSSR count). The van der Waals surface area contributed by atoms with E-state index >= 15 is 0 Å². The normalized spacial score (nSPS) is 51.0. The standard InChI is InChI=1S/C18H26O2/c1-18-9-8-14-13-5-3-12(19)10-11(13)2-4-15(14)16(18)6-7-17(18)20/h10,13-17,20H,2-9H2,1H3/t13-,14-,15+,16-,17+,18+/m1/s1. The van der Waals surface area contributed by atoms with Gasteiger partial charge in [-0.25, -0.2) is 0 Å². The van der Waals surface area contributed by atoms with Crippen LogP contribution in [-0.2, 0) is 4.79 Å². The maximum absolute atomic E-state index is 11.6. The molecule has 2 heteroatoms. The largest absolute Gasteiger partial charge is 0.393 e. The second-order valence-electron chi connectivity index (χ2n) is 7.94. The van der Waals surface area contributed by atoms with E-state index in [2.05, 4.69) is 6.92 Å². The topological polar surface area (TPSA) is 37.3 Å². The molecular weight excluding hydrogens is 248 g/mol. The summed E-state index contributed by atoms with van der Waals surface area (Å²) in [5, 5.41) is 10.4. The second kappa shape index (κ2) is 4.43. The second-order valence-corrected chi connectivity index (χ2v) is 7.94. The van der Waals surface area contributed by atoms with Crippen LogP contribution in [0.5, 0.6) is 0 Å². The van der Waals surface area contributed by atoms with Gasteiger partial charge in [0.15, 0.2) is 5.78 Å². The van der Waals surface area contributed by atoms with Crippen molar-refractivity contribution in [1.29, 1.82) is 0 Å². The van der Waals surface area contributed by atoms with E-state index in [9.17, 15) is 9.90 Å². The van der Waals surface area contributed by atoms with Crippen LogP contribution in [0.15, 0.2) is 11.6 Å². The first-order valence-electron chi connectivity index (χ1n) is 8.51. The van der Waals surface area contributed by atoms with Crippen molar-refractivity contribution >= 4 is 5.78 Å². The lowest BCUT2D eigenvalue weighted by molar-refractivity contribution is -0.116. The van der Waals surface area contributed by atoms with Crippen LogP contribution in [0.3, 0.4) is 0 Å². The van der Waals surface area contributed by atoms with Crippen molar-refractivity contribution < 1.29 is 9.90 Å². The van der Waals surface area contributed by atoms with Crippen LogP contribution >= 0.6 is 0 Å². The first-order chi connectivity index (χ1) is 9.59. The highest BCUT2D eigenvalue weighted by atomic mass is 16.3. The van der Waals surface area contributed by atoms with Crippen LogP contribution in [0.25, 0.3) is 0 Å². The maximum atomic E-state index is 11.6. The molecule has 4 aliphatic carbocycles. The Balaban J connectivity index is 1.63. The third-order valence-corrected chi connectivity index (χ3v) is 7.25. The molecule has 3 saturated carbocycles. The highest BCUT2D eigenvalue weighted by Gasteiger charge is 2.55. The molecule has 0 unspecified atom stereocenters. The predicted molar refractivity (Wildman–Crippen MR) is 78.1 cm³/mol. The van der Waals surface area contributed by atoms with Crippen molar-refractivity contribution in [3.05, 3.63) is 11.6 Å². The van der Waals surface area contributed by atoms with E-state index in [1.54, 1.807) is 0 Å².